The average Bonchev–Trinajstić information content (AvgIpc) is 3.90. The molecule has 318 valence electrons. The van der Waals surface area contributed by atoms with Crippen LogP contribution in [0.1, 0.15) is 88.9 Å². The fourth-order valence-electron chi connectivity index (χ4n) is 8.93. The zero-order valence-corrected chi connectivity index (χ0v) is 34.6. The second-order valence-electron chi connectivity index (χ2n) is 16.5. The molecule has 15 heteroatoms. The van der Waals surface area contributed by atoms with Crippen LogP contribution in [-0.4, -0.2) is 123 Å². The van der Waals surface area contributed by atoms with Crippen molar-refractivity contribution in [2.75, 3.05) is 57.3 Å². The molecule has 4 aliphatic heterocycles. The summed E-state index contributed by atoms with van der Waals surface area (Å²) in [5.74, 6) is -0.312. The van der Waals surface area contributed by atoms with Crippen molar-refractivity contribution < 1.29 is 24.0 Å². The Bertz CT molecular complexity index is 2230. The van der Waals surface area contributed by atoms with E-state index in [1.54, 1.807) is 40.2 Å². The third-order valence-electron chi connectivity index (χ3n) is 12.5. The van der Waals surface area contributed by atoms with Crippen molar-refractivity contribution in [3.63, 3.8) is 0 Å². The van der Waals surface area contributed by atoms with Crippen molar-refractivity contribution in [3.8, 4) is 5.69 Å². The van der Waals surface area contributed by atoms with Gasteiger partial charge in [-0.25, -0.2) is 4.68 Å². The van der Waals surface area contributed by atoms with Crippen molar-refractivity contribution in [2.24, 2.45) is 5.92 Å². The average molecular weight is 827 g/mol. The summed E-state index contributed by atoms with van der Waals surface area (Å²) in [6.07, 6.45) is 16.1. The monoisotopic (exact) mass is 826 g/mol. The van der Waals surface area contributed by atoms with Crippen LogP contribution in [0.3, 0.4) is 0 Å². The van der Waals surface area contributed by atoms with Crippen molar-refractivity contribution in [3.05, 3.63) is 107 Å². The third-order valence-corrected chi connectivity index (χ3v) is 12.5. The molecule has 0 aliphatic carbocycles. The number of unbranched alkanes of at least 4 members (excludes halogenated alkanes) is 1. The maximum absolute atomic E-state index is 13.4. The summed E-state index contributed by atoms with van der Waals surface area (Å²) in [5, 5.41) is 14.1. The molecule has 1 atom stereocenters. The number of imide groups is 1. The molecule has 2 aromatic heterocycles. The number of aromatic nitrogens is 4. The summed E-state index contributed by atoms with van der Waals surface area (Å²) < 4.78 is 1.72. The first-order valence-electron chi connectivity index (χ1n) is 21.7. The van der Waals surface area contributed by atoms with Crippen molar-refractivity contribution in [1.29, 1.82) is 0 Å². The Hall–Kier alpha value is -6.22. The van der Waals surface area contributed by atoms with Crippen LogP contribution >= 0.6 is 0 Å². The van der Waals surface area contributed by atoms with Gasteiger partial charge in [0.15, 0.2) is 0 Å². The summed E-state index contributed by atoms with van der Waals surface area (Å²) in [7, 11) is 0. The van der Waals surface area contributed by atoms with Crippen molar-refractivity contribution in [1.82, 2.24) is 45.3 Å². The predicted octanol–water partition coefficient (Wildman–Crippen LogP) is 4.03. The molecule has 8 rings (SSSR count). The SMILES string of the molecule is O=C(/C=C/c1cccnc1)NCCCCC1CCN(C(=O)c2ccc(N3CCN(CCCc4cn(-c5cccc6c5CN(C5CCC(=O)NC5=O)C6=O)nn4)CC3)cc2)CC1. The zero-order chi connectivity index (χ0) is 42.1. The molecule has 4 aliphatic rings. The van der Waals surface area contributed by atoms with Crippen LogP contribution in [0.5, 0.6) is 0 Å². The number of hydrogen-bond donors (Lipinski definition) is 2. The number of carbonyl (C=O) groups excluding carboxylic acids is 5. The maximum Gasteiger partial charge on any atom is 0.255 e. The van der Waals surface area contributed by atoms with Crippen LogP contribution in [0.25, 0.3) is 11.8 Å². The van der Waals surface area contributed by atoms with E-state index in [0.717, 1.165) is 125 Å². The number of nitrogens with zero attached hydrogens (tertiary/aromatic N) is 8. The van der Waals surface area contributed by atoms with Gasteiger partial charge in [-0.1, -0.05) is 30.2 Å². The number of piperidine rings is 2. The van der Waals surface area contributed by atoms with Gasteiger partial charge in [0.25, 0.3) is 11.8 Å². The molecule has 15 nitrogen and oxygen atoms in total. The Morgan fingerprint density at radius 3 is 2.48 bits per heavy atom. The molecule has 0 bridgehead atoms. The minimum absolute atomic E-state index is 0.0883. The second kappa shape index (κ2) is 19.4. The molecule has 2 N–H and O–H groups in total. The van der Waals surface area contributed by atoms with Crippen LogP contribution in [-0.2, 0) is 27.3 Å². The Balaban J connectivity index is 0.717. The molecule has 1 unspecified atom stereocenters. The van der Waals surface area contributed by atoms with Gasteiger partial charge >= 0.3 is 0 Å². The molecule has 0 radical (unpaired) electrons. The highest BCUT2D eigenvalue weighted by atomic mass is 16.2. The first-order chi connectivity index (χ1) is 29.8. The van der Waals surface area contributed by atoms with Crippen molar-refractivity contribution >= 4 is 41.3 Å². The molecule has 6 heterocycles. The van der Waals surface area contributed by atoms with E-state index in [1.807, 2.05) is 47.5 Å². The minimum atomic E-state index is -0.667. The number of anilines is 1. The van der Waals surface area contributed by atoms with Crippen LogP contribution in [0.2, 0.25) is 0 Å². The Kier molecular flexibility index (Phi) is 13.2. The molecule has 2 aromatic carbocycles. The fraction of sp³-hybridized carbons (Fsp3) is 0.435. The number of aryl methyl sites for hydroxylation is 1. The van der Waals surface area contributed by atoms with Crippen LogP contribution in [0, 0.1) is 5.92 Å². The fourth-order valence-corrected chi connectivity index (χ4v) is 8.93. The highest BCUT2D eigenvalue weighted by Crippen LogP contribution is 2.31. The minimum Gasteiger partial charge on any atom is -0.369 e. The molecule has 4 aromatic rings. The van der Waals surface area contributed by atoms with Crippen LogP contribution < -0.4 is 15.5 Å². The molecule has 3 fully saturated rings. The number of carbonyl (C=O) groups is 5. The summed E-state index contributed by atoms with van der Waals surface area (Å²) in [6.45, 7) is 7.20. The standard InChI is InChI=1S/C46H54N10O5/c57-42(17-11-34-7-4-21-47-30-34)48-22-2-1-6-33-19-24-54(25-20-33)45(60)35-12-14-37(15-13-35)53-28-26-52(27-29-53)23-5-8-36-31-56(51-50-36)40-10-3-9-38-39(40)32-55(46(38)61)41-16-18-43(58)49-44(41)59/h3-4,7,9-15,17,21,30-31,33,41H,1-2,5-6,8,16,18-20,22-29,32H2,(H,48,57)(H,49,58,59)/b17-11+. The second-order valence-corrected chi connectivity index (χ2v) is 16.5. The van der Waals surface area contributed by atoms with E-state index in [0.29, 0.717) is 24.4 Å². The molecular formula is C46H54N10O5. The van der Waals surface area contributed by atoms with E-state index in [-0.39, 0.29) is 36.6 Å². The third kappa shape index (κ3) is 10.2. The largest absolute Gasteiger partial charge is 0.369 e. The smallest absolute Gasteiger partial charge is 0.255 e. The summed E-state index contributed by atoms with van der Waals surface area (Å²) in [5.41, 5.74) is 5.78. The molecular weight excluding hydrogens is 773 g/mol. The Morgan fingerprint density at radius 2 is 1.70 bits per heavy atom. The molecule has 5 amide bonds. The van der Waals surface area contributed by atoms with E-state index in [4.69, 9.17) is 0 Å². The van der Waals surface area contributed by atoms with Crippen LogP contribution in [0.4, 0.5) is 5.69 Å². The first-order valence-corrected chi connectivity index (χ1v) is 21.7. The maximum atomic E-state index is 13.4. The molecule has 3 saturated heterocycles. The lowest BCUT2D eigenvalue weighted by Gasteiger charge is -2.36. The van der Waals surface area contributed by atoms with Gasteiger partial charge in [0.2, 0.25) is 17.7 Å². The zero-order valence-electron chi connectivity index (χ0n) is 34.6. The van der Waals surface area contributed by atoms with E-state index in [1.165, 1.54) is 0 Å². The quantitative estimate of drug-likeness (QED) is 0.102. The van der Waals surface area contributed by atoms with E-state index in [2.05, 4.69) is 47.9 Å². The number of hydrogen-bond acceptors (Lipinski definition) is 10. The van der Waals surface area contributed by atoms with Gasteiger partial charge in [0, 0.05) is 99.6 Å². The highest BCUT2D eigenvalue weighted by molar-refractivity contribution is 6.05. The Labute approximate surface area is 356 Å². The molecule has 0 spiro atoms. The number of amides is 5. The summed E-state index contributed by atoms with van der Waals surface area (Å²) >= 11 is 0. The highest BCUT2D eigenvalue weighted by Gasteiger charge is 2.40. The lowest BCUT2D eigenvalue weighted by molar-refractivity contribution is -0.137. The molecule has 0 saturated carbocycles. The van der Waals surface area contributed by atoms with Gasteiger partial charge in [-0.2, -0.15) is 0 Å². The number of fused-ring (bicyclic) bond motifs is 1. The lowest BCUT2D eigenvalue weighted by atomic mass is 9.91. The topological polar surface area (TPSA) is 166 Å². The van der Waals surface area contributed by atoms with Crippen LogP contribution in [0.15, 0.2) is 79.3 Å². The Morgan fingerprint density at radius 1 is 0.885 bits per heavy atom. The van der Waals surface area contributed by atoms with E-state index >= 15 is 0 Å². The number of piperazine rings is 1. The number of rotatable bonds is 15. The van der Waals surface area contributed by atoms with Gasteiger partial charge < -0.3 is 20.0 Å². The predicted molar refractivity (Wildman–Crippen MR) is 230 cm³/mol. The van der Waals surface area contributed by atoms with Gasteiger partial charge in [-0.3, -0.25) is 39.2 Å². The number of nitrogens with one attached hydrogen (secondary N) is 2. The van der Waals surface area contributed by atoms with Gasteiger partial charge in [0.05, 0.1) is 17.6 Å². The van der Waals surface area contributed by atoms with Gasteiger partial charge in [-0.15, -0.1) is 5.10 Å². The van der Waals surface area contributed by atoms with Crippen molar-refractivity contribution in [2.45, 2.75) is 70.4 Å². The van der Waals surface area contributed by atoms with Gasteiger partial charge in [-0.05, 0) is 105 Å². The summed E-state index contributed by atoms with van der Waals surface area (Å²) in [6, 6.07) is 16.7. The van der Waals surface area contributed by atoms with Gasteiger partial charge in [0.1, 0.15) is 6.04 Å². The first kappa shape index (κ1) is 41.5. The normalized spacial score (nSPS) is 18.8. The summed E-state index contributed by atoms with van der Waals surface area (Å²) in [4.78, 5) is 75.4. The number of likely N-dealkylation sites (tertiary alicyclic amines) is 1. The number of pyridine rings is 1. The van der Waals surface area contributed by atoms with E-state index in [9.17, 15) is 24.0 Å². The lowest BCUT2D eigenvalue weighted by Crippen LogP contribution is -2.52. The molecule has 61 heavy (non-hydrogen) atoms. The number of benzene rings is 2. The van der Waals surface area contributed by atoms with E-state index < -0.39 is 11.9 Å².